The van der Waals surface area contributed by atoms with Crippen molar-refractivity contribution >= 4 is 0 Å². The van der Waals surface area contributed by atoms with Crippen molar-refractivity contribution in [3.8, 4) is 0 Å². The summed E-state index contributed by atoms with van der Waals surface area (Å²) in [5, 5.41) is 7.27. The summed E-state index contributed by atoms with van der Waals surface area (Å²) in [6.45, 7) is 2.61. The topological polar surface area (TPSA) is 50.7 Å². The van der Waals surface area contributed by atoms with Crippen molar-refractivity contribution in [2.24, 2.45) is 16.0 Å². The van der Waals surface area contributed by atoms with Crippen molar-refractivity contribution in [1.29, 1.82) is 0 Å². The molecule has 0 amide bonds. The molecular weight excluding hydrogens is 90.1 g/mol. The average molecular weight is 97.1 g/mol. The molecule has 3 nitrogen and oxygen atoms in total. The number of azo groups is 1. The number of hydrogen-bond donors (Lipinski definition) is 1. The third kappa shape index (κ3) is 0.607. The van der Waals surface area contributed by atoms with Crippen LogP contribution in [0.25, 0.3) is 0 Å². The first kappa shape index (κ1) is 4.30. The van der Waals surface area contributed by atoms with Crippen LogP contribution < -0.4 is 5.73 Å². The van der Waals surface area contributed by atoms with Gasteiger partial charge in [0.2, 0.25) is 0 Å². The van der Waals surface area contributed by atoms with E-state index < -0.39 is 0 Å². The molecule has 7 heavy (non-hydrogen) atoms. The van der Waals surface area contributed by atoms with Crippen molar-refractivity contribution in [2.45, 2.75) is 6.92 Å². The van der Waals surface area contributed by atoms with E-state index in [1.54, 1.807) is 0 Å². The molecule has 0 saturated carbocycles. The Morgan fingerprint density at radius 3 is 2.57 bits per heavy atom. The van der Waals surface area contributed by atoms with Crippen LogP contribution in [0.1, 0.15) is 6.92 Å². The van der Waals surface area contributed by atoms with Gasteiger partial charge in [-0.05, 0) is 12.5 Å². The number of rotatable bonds is 0. The Morgan fingerprint density at radius 1 is 1.71 bits per heavy atom. The van der Waals surface area contributed by atoms with Gasteiger partial charge in [0, 0.05) is 0 Å². The molecule has 0 unspecified atom stereocenters. The lowest BCUT2D eigenvalue weighted by Crippen LogP contribution is -1.92. The van der Waals surface area contributed by atoms with E-state index in [4.69, 9.17) is 5.73 Å². The lowest BCUT2D eigenvalue weighted by atomic mass is 10.3. The van der Waals surface area contributed by atoms with Gasteiger partial charge in [-0.1, -0.05) is 0 Å². The van der Waals surface area contributed by atoms with Gasteiger partial charge in [-0.2, -0.15) is 5.11 Å². The maximum atomic E-state index is 5.30. The Kier molecular flexibility index (Phi) is 0.817. The Bertz CT molecular complexity index is 134. The second-order valence-electron chi connectivity index (χ2n) is 1.57. The van der Waals surface area contributed by atoms with Crippen molar-refractivity contribution in [2.75, 3.05) is 6.54 Å². The van der Waals surface area contributed by atoms with Crippen LogP contribution in [0.5, 0.6) is 0 Å². The molecule has 0 aromatic carbocycles. The molecule has 0 radical (unpaired) electrons. The van der Waals surface area contributed by atoms with Crippen molar-refractivity contribution in [3.63, 3.8) is 0 Å². The van der Waals surface area contributed by atoms with E-state index in [1.165, 1.54) is 0 Å². The first-order chi connectivity index (χ1) is 3.30. The van der Waals surface area contributed by atoms with E-state index >= 15 is 0 Å². The van der Waals surface area contributed by atoms with Gasteiger partial charge in [-0.15, -0.1) is 5.11 Å². The highest BCUT2D eigenvalue weighted by molar-refractivity contribution is 5.11. The summed E-state index contributed by atoms with van der Waals surface area (Å²) in [4.78, 5) is 0. The van der Waals surface area contributed by atoms with Gasteiger partial charge in [-0.25, -0.2) is 0 Å². The van der Waals surface area contributed by atoms with Crippen LogP contribution >= 0.6 is 0 Å². The molecule has 0 bridgehead atoms. The molecule has 0 spiro atoms. The Hall–Kier alpha value is -0.860. The molecule has 38 valence electrons. The average Bonchev–Trinajstić information content (AvgIpc) is 1.91. The van der Waals surface area contributed by atoms with Crippen molar-refractivity contribution < 1.29 is 0 Å². The summed E-state index contributed by atoms with van der Waals surface area (Å²) < 4.78 is 0. The van der Waals surface area contributed by atoms with Crippen LogP contribution in [0.4, 0.5) is 0 Å². The summed E-state index contributed by atoms with van der Waals surface area (Å²) in [6.07, 6.45) is 0. The lowest BCUT2D eigenvalue weighted by molar-refractivity contribution is 1.08. The van der Waals surface area contributed by atoms with Gasteiger partial charge in [0.25, 0.3) is 0 Å². The minimum Gasteiger partial charge on any atom is -0.382 e. The molecule has 0 aromatic rings. The van der Waals surface area contributed by atoms with Gasteiger partial charge < -0.3 is 5.73 Å². The first-order valence-electron chi connectivity index (χ1n) is 2.13. The van der Waals surface area contributed by atoms with E-state index in [2.05, 4.69) is 10.2 Å². The maximum absolute atomic E-state index is 5.30. The van der Waals surface area contributed by atoms with Gasteiger partial charge in [0.05, 0.1) is 6.54 Å². The smallest absolute Gasteiger partial charge is 0.146 e. The van der Waals surface area contributed by atoms with Crippen LogP contribution in [0.2, 0.25) is 0 Å². The van der Waals surface area contributed by atoms with Crippen LogP contribution in [-0.2, 0) is 0 Å². The van der Waals surface area contributed by atoms with Gasteiger partial charge >= 0.3 is 0 Å². The zero-order chi connectivity index (χ0) is 5.28. The predicted octanol–water partition coefficient (Wildman–Crippen LogP) is 0.642. The molecule has 0 atom stereocenters. The van der Waals surface area contributed by atoms with E-state index in [0.717, 1.165) is 5.57 Å². The van der Waals surface area contributed by atoms with E-state index in [0.29, 0.717) is 12.4 Å². The Balaban J connectivity index is 2.79. The van der Waals surface area contributed by atoms with Gasteiger partial charge in [0.1, 0.15) is 5.82 Å². The van der Waals surface area contributed by atoms with Gasteiger partial charge in [-0.3, -0.25) is 0 Å². The van der Waals surface area contributed by atoms with E-state index in [1.807, 2.05) is 6.92 Å². The van der Waals surface area contributed by atoms with Gasteiger partial charge in [0.15, 0.2) is 0 Å². The Labute approximate surface area is 41.9 Å². The first-order valence-corrected chi connectivity index (χ1v) is 2.13. The minimum atomic E-state index is 0.583. The molecule has 2 N–H and O–H groups in total. The summed E-state index contributed by atoms with van der Waals surface area (Å²) >= 11 is 0. The number of nitrogens with zero attached hydrogens (tertiary/aromatic N) is 2. The molecule has 1 aliphatic rings. The molecule has 1 rings (SSSR count). The predicted molar refractivity (Wildman–Crippen MR) is 26.6 cm³/mol. The largest absolute Gasteiger partial charge is 0.382 e. The molecule has 1 aliphatic heterocycles. The highest BCUT2D eigenvalue weighted by atomic mass is 15.2. The minimum absolute atomic E-state index is 0.583. The molecular formula is C4H7N3. The van der Waals surface area contributed by atoms with Crippen molar-refractivity contribution in [3.05, 3.63) is 11.4 Å². The maximum Gasteiger partial charge on any atom is 0.146 e. The summed E-state index contributed by atoms with van der Waals surface area (Å²) in [6, 6.07) is 0. The van der Waals surface area contributed by atoms with Crippen LogP contribution in [-0.4, -0.2) is 6.54 Å². The van der Waals surface area contributed by atoms with Crippen LogP contribution in [0.3, 0.4) is 0 Å². The summed E-state index contributed by atoms with van der Waals surface area (Å²) in [5.41, 5.74) is 6.37. The molecule has 0 aromatic heterocycles. The molecule has 1 heterocycles. The van der Waals surface area contributed by atoms with Crippen molar-refractivity contribution in [1.82, 2.24) is 0 Å². The zero-order valence-electron chi connectivity index (χ0n) is 4.18. The third-order valence-electron chi connectivity index (χ3n) is 0.924. The highest BCUT2D eigenvalue weighted by Crippen LogP contribution is 2.06. The third-order valence-corrected chi connectivity index (χ3v) is 0.924. The summed E-state index contributed by atoms with van der Waals surface area (Å²) in [7, 11) is 0. The van der Waals surface area contributed by atoms with Crippen LogP contribution in [0.15, 0.2) is 21.6 Å². The normalized spacial score (nSPS) is 19.0. The fraction of sp³-hybridized carbons (Fsp3) is 0.500. The number of hydrogen-bond acceptors (Lipinski definition) is 3. The van der Waals surface area contributed by atoms with E-state index in [9.17, 15) is 0 Å². The highest BCUT2D eigenvalue weighted by Gasteiger charge is 1.99. The standard InChI is InChI=1S/C4H7N3/c1-3-2-6-7-4(3)5/h2,5H2,1H3. The second kappa shape index (κ2) is 1.33. The molecule has 0 fully saturated rings. The summed E-state index contributed by atoms with van der Waals surface area (Å²) in [5.74, 6) is 0.583. The Morgan fingerprint density at radius 2 is 2.43 bits per heavy atom. The fourth-order valence-corrected chi connectivity index (χ4v) is 0.384. The molecule has 0 aliphatic carbocycles. The SMILES string of the molecule is CC1=C(N)N=NC1. The van der Waals surface area contributed by atoms with E-state index in [-0.39, 0.29) is 0 Å². The number of nitrogens with two attached hydrogens (primary N) is 1. The molecule has 0 saturated heterocycles. The molecule has 3 heteroatoms. The monoisotopic (exact) mass is 97.1 g/mol. The fourth-order valence-electron chi connectivity index (χ4n) is 0.384. The lowest BCUT2D eigenvalue weighted by Gasteiger charge is -1.83. The quantitative estimate of drug-likeness (QED) is 0.473. The second-order valence-corrected chi connectivity index (χ2v) is 1.57. The van der Waals surface area contributed by atoms with Crippen LogP contribution in [0, 0.1) is 0 Å². The zero-order valence-corrected chi connectivity index (χ0v) is 4.18.